The Morgan fingerprint density at radius 2 is 0.982 bits per heavy atom. The Morgan fingerprint density at radius 1 is 0.455 bits per heavy atom. The van der Waals surface area contributed by atoms with E-state index in [0.717, 1.165) is 43.5 Å². The fourth-order valence-corrected chi connectivity index (χ4v) is 8.57. The van der Waals surface area contributed by atoms with Gasteiger partial charge in [-0.15, -0.1) is 0 Å². The van der Waals surface area contributed by atoms with Crippen LogP contribution in [0.1, 0.15) is 12.8 Å². The van der Waals surface area contributed by atoms with Crippen LogP contribution in [0.25, 0.3) is 21.5 Å². The summed E-state index contributed by atoms with van der Waals surface area (Å²) in [5.74, 6) is 2.97. The van der Waals surface area contributed by atoms with E-state index < -0.39 is 17.2 Å². The van der Waals surface area contributed by atoms with E-state index in [1.54, 1.807) is 12.1 Å². The minimum atomic E-state index is -2.28. The Balaban J connectivity index is 0.000000599. The van der Waals surface area contributed by atoms with E-state index in [1.165, 1.54) is 11.8 Å². The summed E-state index contributed by atoms with van der Waals surface area (Å²) >= 11 is 1.50. The number of rotatable bonds is 12. The first-order valence-corrected chi connectivity index (χ1v) is 20.7. The molecule has 2 aliphatic carbocycles. The highest BCUT2D eigenvalue weighted by atomic mass is 32.2. The van der Waals surface area contributed by atoms with Gasteiger partial charge in [-0.2, -0.15) is 0 Å². The molecule has 55 heavy (non-hydrogen) atoms. The molecule has 274 valence electrons. The molecule has 6 nitrogen and oxygen atoms in total. The van der Waals surface area contributed by atoms with Crippen molar-refractivity contribution in [1.29, 1.82) is 0 Å². The fraction of sp³-hybridized carbons (Fsp3) is 0.0435. The van der Waals surface area contributed by atoms with Crippen LogP contribution in [0.2, 0.25) is 0 Å². The summed E-state index contributed by atoms with van der Waals surface area (Å²) < 4.78 is 31.3. The van der Waals surface area contributed by atoms with Gasteiger partial charge in [0.25, 0.3) is 0 Å². The number of allylic oxidation sites excluding steroid dienone is 11. The van der Waals surface area contributed by atoms with Crippen LogP contribution in [-0.4, -0.2) is 4.89 Å². The molecule has 0 saturated carbocycles. The molecule has 1 N–H and O–H groups in total. The van der Waals surface area contributed by atoms with Crippen molar-refractivity contribution in [3.63, 3.8) is 0 Å². The van der Waals surface area contributed by atoms with Crippen LogP contribution in [0.3, 0.4) is 0 Å². The average molecular weight is 781 g/mol. The molecule has 6 aromatic rings. The number of para-hydroxylation sites is 2. The Labute approximate surface area is 328 Å². The Morgan fingerprint density at radius 3 is 1.62 bits per heavy atom. The minimum Gasteiger partial charge on any atom is -0.418 e. The van der Waals surface area contributed by atoms with Crippen LogP contribution >= 0.6 is 29.0 Å². The molecule has 8 rings (SSSR count). The van der Waals surface area contributed by atoms with Crippen LogP contribution in [0.15, 0.2) is 216 Å². The normalized spacial score (nSPS) is 14.2. The van der Waals surface area contributed by atoms with Gasteiger partial charge in [-0.3, -0.25) is 0 Å². The Hall–Kier alpha value is -5.55. The molecule has 9 heteroatoms. The van der Waals surface area contributed by atoms with E-state index in [9.17, 15) is 4.89 Å². The second kappa shape index (κ2) is 19.7. The van der Waals surface area contributed by atoms with Gasteiger partial charge in [0, 0.05) is 6.42 Å². The lowest BCUT2D eigenvalue weighted by molar-refractivity contribution is 0.325. The maximum absolute atomic E-state index is 10.9. The van der Waals surface area contributed by atoms with Crippen LogP contribution in [0.5, 0.6) is 23.0 Å². The summed E-state index contributed by atoms with van der Waals surface area (Å²) in [7, 11) is -4.19. The summed E-state index contributed by atoms with van der Waals surface area (Å²) in [6, 6.07) is 42.7. The summed E-state index contributed by atoms with van der Waals surface area (Å²) in [6.45, 7) is 0. The molecule has 0 radical (unpaired) electrons. The highest BCUT2D eigenvalue weighted by molar-refractivity contribution is 8.00. The van der Waals surface area contributed by atoms with Gasteiger partial charge in [0.2, 0.25) is 0 Å². The quantitative estimate of drug-likeness (QED) is 0.124. The monoisotopic (exact) mass is 780 g/mol. The van der Waals surface area contributed by atoms with E-state index >= 15 is 0 Å². The van der Waals surface area contributed by atoms with Crippen LogP contribution < -0.4 is 18.1 Å². The third-order valence-electron chi connectivity index (χ3n) is 8.12. The molecular formula is C46H38O6P2S. The molecule has 0 spiro atoms. The highest BCUT2D eigenvalue weighted by Crippen LogP contribution is 2.52. The Kier molecular flexibility index (Phi) is 13.5. The third kappa shape index (κ3) is 10.8. The van der Waals surface area contributed by atoms with Crippen molar-refractivity contribution in [2.24, 2.45) is 0 Å². The first-order valence-electron chi connectivity index (χ1n) is 17.7. The molecule has 0 heterocycles. The zero-order valence-corrected chi connectivity index (χ0v) is 32.4. The zero-order valence-electron chi connectivity index (χ0n) is 29.8. The van der Waals surface area contributed by atoms with Gasteiger partial charge < -0.3 is 27.5 Å². The minimum absolute atomic E-state index is 0.489. The fourth-order valence-electron chi connectivity index (χ4n) is 5.52. The van der Waals surface area contributed by atoms with E-state index in [2.05, 4.69) is 42.5 Å². The van der Waals surface area contributed by atoms with Gasteiger partial charge in [-0.25, -0.2) is 0 Å². The predicted molar refractivity (Wildman–Crippen MR) is 228 cm³/mol. The molecular weight excluding hydrogens is 743 g/mol. The highest BCUT2D eigenvalue weighted by Gasteiger charge is 2.25. The first-order chi connectivity index (χ1) is 27.2. The molecule has 0 amide bonds. The van der Waals surface area contributed by atoms with Crippen molar-refractivity contribution in [1.82, 2.24) is 0 Å². The topological polar surface area (TPSA) is 66.4 Å². The molecule has 2 atom stereocenters. The van der Waals surface area contributed by atoms with Crippen LogP contribution in [0, 0.1) is 0 Å². The van der Waals surface area contributed by atoms with Crippen LogP contribution in [0.4, 0.5) is 0 Å². The van der Waals surface area contributed by atoms with Gasteiger partial charge in [0.15, 0.2) is 0 Å². The van der Waals surface area contributed by atoms with Crippen molar-refractivity contribution >= 4 is 50.5 Å². The lowest BCUT2D eigenvalue weighted by Crippen LogP contribution is -2.01. The predicted octanol–water partition coefficient (Wildman–Crippen LogP) is 14.0. The summed E-state index contributed by atoms with van der Waals surface area (Å²) in [5.41, 5.74) is 0. The van der Waals surface area contributed by atoms with Crippen molar-refractivity contribution in [2.75, 3.05) is 0 Å². The van der Waals surface area contributed by atoms with E-state index in [-0.39, 0.29) is 0 Å². The van der Waals surface area contributed by atoms with E-state index in [4.69, 9.17) is 22.6 Å². The molecule has 2 unspecified atom stereocenters. The molecule has 0 saturated heterocycles. The maximum Gasteiger partial charge on any atom is 0.529 e. The summed E-state index contributed by atoms with van der Waals surface area (Å²) in [5, 5.41) is 4.02. The third-order valence-corrected chi connectivity index (χ3v) is 11.2. The molecule has 0 aliphatic heterocycles. The van der Waals surface area contributed by atoms with Crippen LogP contribution in [-0.2, 0) is 4.52 Å². The molecule has 6 aromatic carbocycles. The number of fused-ring (bicyclic) bond motifs is 2. The summed E-state index contributed by atoms with van der Waals surface area (Å²) in [6.07, 6.45) is 23.9. The zero-order chi connectivity index (χ0) is 37.5. The van der Waals surface area contributed by atoms with Crippen molar-refractivity contribution in [3.05, 3.63) is 206 Å². The number of hydrogen-bond donors (Lipinski definition) is 1. The first kappa shape index (κ1) is 37.8. The van der Waals surface area contributed by atoms with Gasteiger partial charge >= 0.3 is 17.2 Å². The average Bonchev–Trinajstić information content (AvgIpc) is 3.69. The maximum atomic E-state index is 10.9. The second-order valence-electron chi connectivity index (χ2n) is 12.0. The Bertz CT molecular complexity index is 2360. The number of benzene rings is 6. The lowest BCUT2D eigenvalue weighted by atomic mass is 10.1. The van der Waals surface area contributed by atoms with E-state index in [1.807, 2.05) is 146 Å². The van der Waals surface area contributed by atoms with Crippen molar-refractivity contribution < 1.29 is 27.5 Å². The van der Waals surface area contributed by atoms with Crippen molar-refractivity contribution in [3.8, 4) is 23.0 Å². The molecule has 2 aliphatic rings. The molecule has 0 bridgehead atoms. The van der Waals surface area contributed by atoms with Gasteiger partial charge in [0.1, 0.15) is 28.8 Å². The lowest BCUT2D eigenvalue weighted by Gasteiger charge is -2.22. The summed E-state index contributed by atoms with van der Waals surface area (Å²) in [4.78, 5) is 12.6. The van der Waals surface area contributed by atoms with Gasteiger partial charge in [0.05, 0.1) is 9.79 Å². The largest absolute Gasteiger partial charge is 0.529 e. The van der Waals surface area contributed by atoms with Crippen molar-refractivity contribution in [2.45, 2.75) is 22.6 Å². The second-order valence-corrected chi connectivity index (χ2v) is 14.9. The van der Waals surface area contributed by atoms with Gasteiger partial charge in [-0.05, 0) is 70.4 Å². The van der Waals surface area contributed by atoms with E-state index in [0.29, 0.717) is 29.4 Å². The molecule has 0 fully saturated rings. The van der Waals surface area contributed by atoms with Gasteiger partial charge in [-0.1, -0.05) is 170 Å². The smallest absolute Gasteiger partial charge is 0.418 e. The standard InChI is InChI=1S/C39H30O6P2S.C7H8/c40-46(41-31-17-7-3-8-18-31)44-36-27-25-29-15-11-13-23-34(29)38(36)48-39-35-24-14-12-16-30(35)26-28-37(39)45-47(43-33-21-9-4-10-22-33)42-32-19-5-1-2-6-20-32;1-2-4-6-7-5-3-1/h1-19,21-28,40H,20H2;1-6H,7H2. The number of hydrogen-bond acceptors (Lipinski definition) is 7. The molecule has 0 aromatic heterocycles. The SMILES string of the molecule is C1=CC=CCC=C1.OP(Oc1ccccc1)Oc1ccc2ccccc2c1Sc1c(OP(OC2=CC=CC=CC2)Oc2ccccc2)ccc2ccccc12.